The molecule has 2 N–H and O–H groups in total. The number of aliphatic hydroxyl groups is 1. The van der Waals surface area contributed by atoms with Crippen LogP contribution >= 0.6 is 32.7 Å². The molecule has 2 aromatic rings. The summed E-state index contributed by atoms with van der Waals surface area (Å²) >= 11 is 12.5. The SMILES string of the molecule is CC(C)(C)OC(=O)C[C@H](N[C@H](CO)c1ccccc1)c1cc(Cl)cc(Cl)c1OP. The van der Waals surface area contributed by atoms with Gasteiger partial charge in [0, 0.05) is 16.6 Å². The summed E-state index contributed by atoms with van der Waals surface area (Å²) in [6.45, 7) is 5.25. The molecule has 158 valence electrons. The maximum absolute atomic E-state index is 12.6. The van der Waals surface area contributed by atoms with E-state index in [2.05, 4.69) is 14.8 Å². The van der Waals surface area contributed by atoms with E-state index in [4.69, 9.17) is 32.5 Å². The van der Waals surface area contributed by atoms with Crippen LogP contribution in [0.2, 0.25) is 10.0 Å². The Balaban J connectivity index is 2.42. The molecule has 29 heavy (non-hydrogen) atoms. The maximum atomic E-state index is 12.6. The standard InChI is InChI=1S/C21H26Cl2NO4P/c1-21(2,3)27-19(26)11-17(15-9-14(22)10-16(23)20(15)28-29)24-18(12-25)13-7-5-4-6-8-13/h4-10,17-18,24-25H,11-12,29H2,1-3H3/t17-,18+/m0/s1. The Labute approximate surface area is 184 Å². The average molecular weight is 458 g/mol. The van der Waals surface area contributed by atoms with E-state index in [1.807, 2.05) is 30.3 Å². The van der Waals surface area contributed by atoms with Gasteiger partial charge >= 0.3 is 5.97 Å². The molecule has 0 saturated heterocycles. The smallest absolute Gasteiger partial charge is 0.308 e. The lowest BCUT2D eigenvalue weighted by molar-refractivity contribution is -0.155. The number of hydrogen-bond acceptors (Lipinski definition) is 5. The number of carbonyl (C=O) groups excluding carboxylic acids is 1. The van der Waals surface area contributed by atoms with Gasteiger partial charge in [-0.1, -0.05) is 53.5 Å². The highest BCUT2D eigenvalue weighted by molar-refractivity contribution is 7.10. The fraction of sp³-hybridized carbons (Fsp3) is 0.381. The molecule has 5 nitrogen and oxygen atoms in total. The van der Waals surface area contributed by atoms with Crippen LogP contribution in [0.1, 0.15) is 50.4 Å². The average Bonchev–Trinajstić information content (AvgIpc) is 2.63. The number of carbonyl (C=O) groups is 1. The summed E-state index contributed by atoms with van der Waals surface area (Å²) in [4.78, 5) is 12.6. The van der Waals surface area contributed by atoms with Gasteiger partial charge in [-0.05, 0) is 38.5 Å². The van der Waals surface area contributed by atoms with Gasteiger partial charge in [0.05, 0.1) is 33.6 Å². The van der Waals surface area contributed by atoms with Gasteiger partial charge in [-0.2, -0.15) is 0 Å². The minimum atomic E-state index is -0.622. The van der Waals surface area contributed by atoms with Crippen LogP contribution in [0, 0.1) is 0 Å². The van der Waals surface area contributed by atoms with E-state index in [1.54, 1.807) is 32.9 Å². The molecule has 0 saturated carbocycles. The lowest BCUT2D eigenvalue weighted by Gasteiger charge is -2.28. The van der Waals surface area contributed by atoms with Crippen molar-refractivity contribution in [1.82, 2.24) is 5.32 Å². The van der Waals surface area contributed by atoms with Gasteiger partial charge in [0.2, 0.25) is 0 Å². The van der Waals surface area contributed by atoms with Gasteiger partial charge in [-0.25, -0.2) is 0 Å². The topological polar surface area (TPSA) is 67.8 Å². The first kappa shape index (κ1) is 23.9. The Morgan fingerprint density at radius 2 is 1.83 bits per heavy atom. The van der Waals surface area contributed by atoms with Crippen LogP contribution in [-0.4, -0.2) is 23.3 Å². The van der Waals surface area contributed by atoms with Crippen LogP contribution in [0.5, 0.6) is 5.75 Å². The van der Waals surface area contributed by atoms with Crippen molar-refractivity contribution in [3.05, 3.63) is 63.6 Å². The van der Waals surface area contributed by atoms with Crippen molar-refractivity contribution in [3.63, 3.8) is 0 Å². The molecular formula is C21H26Cl2NO4P. The van der Waals surface area contributed by atoms with Crippen LogP contribution in [0.25, 0.3) is 0 Å². The van der Waals surface area contributed by atoms with Crippen LogP contribution in [0.3, 0.4) is 0 Å². The maximum Gasteiger partial charge on any atom is 0.308 e. The van der Waals surface area contributed by atoms with E-state index in [9.17, 15) is 9.90 Å². The molecule has 0 aliphatic rings. The number of nitrogens with one attached hydrogen (secondary N) is 1. The van der Waals surface area contributed by atoms with Gasteiger partial charge < -0.3 is 19.7 Å². The number of esters is 1. The highest BCUT2D eigenvalue weighted by Gasteiger charge is 2.27. The van der Waals surface area contributed by atoms with E-state index in [1.165, 1.54) is 0 Å². The summed E-state index contributed by atoms with van der Waals surface area (Å²) in [5, 5.41) is 14.0. The normalized spacial score (nSPS) is 13.6. The number of rotatable bonds is 8. The zero-order chi connectivity index (χ0) is 21.6. The Bertz CT molecular complexity index is 827. The molecule has 0 aliphatic heterocycles. The molecule has 0 bridgehead atoms. The van der Waals surface area contributed by atoms with E-state index in [0.717, 1.165) is 5.56 Å². The van der Waals surface area contributed by atoms with E-state index >= 15 is 0 Å². The van der Waals surface area contributed by atoms with Crippen LogP contribution < -0.4 is 9.84 Å². The predicted molar refractivity (Wildman–Crippen MR) is 119 cm³/mol. The fourth-order valence-corrected chi connectivity index (χ4v) is 3.85. The highest BCUT2D eigenvalue weighted by atomic mass is 35.5. The van der Waals surface area contributed by atoms with Crippen LogP contribution in [-0.2, 0) is 9.53 Å². The first-order valence-corrected chi connectivity index (χ1v) is 10.4. The van der Waals surface area contributed by atoms with E-state index in [0.29, 0.717) is 21.4 Å². The first-order chi connectivity index (χ1) is 13.6. The Morgan fingerprint density at radius 3 is 2.38 bits per heavy atom. The summed E-state index contributed by atoms with van der Waals surface area (Å²) < 4.78 is 10.9. The van der Waals surface area contributed by atoms with Crippen molar-refractivity contribution in [1.29, 1.82) is 0 Å². The third-order valence-electron chi connectivity index (χ3n) is 4.11. The van der Waals surface area contributed by atoms with Crippen LogP contribution in [0.4, 0.5) is 0 Å². The van der Waals surface area contributed by atoms with Gasteiger partial charge in [0.25, 0.3) is 0 Å². The second-order valence-electron chi connectivity index (χ2n) is 7.58. The molecule has 0 aromatic heterocycles. The van der Waals surface area contributed by atoms with E-state index in [-0.39, 0.29) is 13.0 Å². The molecule has 8 heteroatoms. The Hall–Kier alpha value is -1.36. The summed E-state index contributed by atoms with van der Waals surface area (Å²) in [5.74, 6) is -0.0163. The molecule has 0 radical (unpaired) electrons. The summed E-state index contributed by atoms with van der Waals surface area (Å²) in [6, 6.07) is 11.7. The summed E-state index contributed by atoms with van der Waals surface area (Å²) in [6.07, 6.45) is -0.00169. The molecule has 2 rings (SSSR count). The van der Waals surface area contributed by atoms with Gasteiger partial charge in [-0.3, -0.25) is 4.79 Å². The van der Waals surface area contributed by atoms with Crippen molar-refractivity contribution in [2.45, 2.75) is 44.9 Å². The monoisotopic (exact) mass is 457 g/mol. The number of hydrogen-bond donors (Lipinski definition) is 2. The minimum Gasteiger partial charge on any atom is -0.478 e. The van der Waals surface area contributed by atoms with Crippen LogP contribution in [0.15, 0.2) is 42.5 Å². The molecule has 0 spiro atoms. The molecule has 0 heterocycles. The van der Waals surface area contributed by atoms with Gasteiger partial charge in [0.15, 0.2) is 0 Å². The summed E-state index contributed by atoms with van der Waals surface area (Å²) in [5.41, 5.74) is 0.854. The van der Waals surface area contributed by atoms with Crippen molar-refractivity contribution in [3.8, 4) is 5.75 Å². The molecule has 1 unspecified atom stereocenters. The number of benzene rings is 2. The number of aliphatic hydroxyl groups excluding tert-OH is 1. The van der Waals surface area contributed by atoms with Crippen molar-refractivity contribution in [2.75, 3.05) is 6.61 Å². The van der Waals surface area contributed by atoms with Crippen molar-refractivity contribution < 1.29 is 19.2 Å². The predicted octanol–water partition coefficient (Wildman–Crippen LogP) is 5.26. The zero-order valence-electron chi connectivity index (χ0n) is 16.6. The second-order valence-corrected chi connectivity index (χ2v) is 8.66. The zero-order valence-corrected chi connectivity index (χ0v) is 19.3. The lowest BCUT2D eigenvalue weighted by Crippen LogP contribution is -2.33. The van der Waals surface area contributed by atoms with Crippen molar-refractivity contribution >= 4 is 38.6 Å². The Kier molecular flexibility index (Phi) is 8.74. The second kappa shape index (κ2) is 10.6. The first-order valence-electron chi connectivity index (χ1n) is 9.14. The Morgan fingerprint density at radius 1 is 1.17 bits per heavy atom. The van der Waals surface area contributed by atoms with Gasteiger partial charge in [-0.15, -0.1) is 0 Å². The minimum absolute atomic E-state index is 0.00169. The molecule has 0 amide bonds. The molecule has 3 atom stereocenters. The number of ether oxygens (including phenoxy) is 1. The molecule has 0 fully saturated rings. The lowest BCUT2D eigenvalue weighted by atomic mass is 9.99. The van der Waals surface area contributed by atoms with Gasteiger partial charge in [0.1, 0.15) is 11.4 Å². The molecule has 0 aliphatic carbocycles. The van der Waals surface area contributed by atoms with E-state index < -0.39 is 23.7 Å². The largest absolute Gasteiger partial charge is 0.478 e. The summed E-state index contributed by atoms with van der Waals surface area (Å²) in [7, 11) is 2.16. The van der Waals surface area contributed by atoms with Crippen molar-refractivity contribution in [2.24, 2.45) is 0 Å². The highest BCUT2D eigenvalue weighted by Crippen LogP contribution is 2.39. The molecular weight excluding hydrogens is 432 g/mol. The number of halogens is 2. The molecule has 2 aromatic carbocycles. The fourth-order valence-electron chi connectivity index (χ4n) is 2.95. The quantitative estimate of drug-likeness (QED) is 0.418. The third kappa shape index (κ3) is 7.13. The third-order valence-corrected chi connectivity index (χ3v) is 4.84.